The molecule has 1 aliphatic rings. The summed E-state index contributed by atoms with van der Waals surface area (Å²) in [4.78, 5) is 30.7. The number of aromatic nitrogens is 1. The van der Waals surface area contributed by atoms with Gasteiger partial charge in [0, 0.05) is 29.4 Å². The Kier molecular flexibility index (Phi) is 7.93. The highest BCUT2D eigenvalue weighted by Gasteiger charge is 2.42. The summed E-state index contributed by atoms with van der Waals surface area (Å²) in [6.45, 7) is 0.111. The topological polar surface area (TPSA) is 120 Å². The van der Waals surface area contributed by atoms with Crippen LogP contribution in [0.4, 0.5) is 10.1 Å². The number of likely N-dealkylation sites (N-methyl/N-ethyl adjacent to an activating group) is 1. The molecule has 1 saturated heterocycles. The molecule has 2 atom stereocenters. The molecule has 0 saturated carbocycles. The fraction of sp³-hybridized carbons (Fsp3) is 0.227. The number of hydrogen-bond acceptors (Lipinski definition) is 6. The normalized spacial score (nSPS) is 19.6. The molecule has 1 fully saturated rings. The van der Waals surface area contributed by atoms with Gasteiger partial charge in [-0.2, -0.15) is 17.4 Å². The van der Waals surface area contributed by atoms with Gasteiger partial charge < -0.3 is 10.6 Å². The summed E-state index contributed by atoms with van der Waals surface area (Å²) in [5, 5.41) is 6.24. The summed E-state index contributed by atoms with van der Waals surface area (Å²) in [6.07, 6.45) is 1.47. The van der Waals surface area contributed by atoms with Crippen LogP contribution >= 0.6 is 34.5 Å². The van der Waals surface area contributed by atoms with Crippen molar-refractivity contribution < 1.29 is 22.4 Å². The van der Waals surface area contributed by atoms with E-state index in [1.807, 2.05) is 18.2 Å². The molecule has 2 unspecified atom stereocenters. The molecule has 2 heterocycles. The lowest BCUT2D eigenvalue weighted by atomic mass is 10.1. The van der Waals surface area contributed by atoms with Gasteiger partial charge in [0.05, 0.1) is 16.6 Å². The van der Waals surface area contributed by atoms with Crippen LogP contribution in [-0.2, 0) is 26.3 Å². The van der Waals surface area contributed by atoms with Crippen LogP contribution in [-0.4, -0.2) is 48.7 Å². The molecule has 190 valence electrons. The number of carbonyl (C=O) groups excluding carboxylic acids is 2. The highest BCUT2D eigenvalue weighted by atomic mass is 35.5. The molecule has 1 aliphatic heterocycles. The molecule has 0 radical (unpaired) electrons. The number of nitrogens with one attached hydrogen (secondary N) is 3. The Morgan fingerprint density at radius 3 is 2.67 bits per heavy atom. The van der Waals surface area contributed by atoms with Crippen LogP contribution in [0, 0.1) is 5.82 Å². The maximum Gasteiger partial charge on any atom is 0.280 e. The lowest BCUT2D eigenvalue weighted by molar-refractivity contribution is -0.124. The van der Waals surface area contributed by atoms with Gasteiger partial charge in [0.25, 0.3) is 10.2 Å². The maximum absolute atomic E-state index is 13.4. The first-order valence-corrected chi connectivity index (χ1v) is 13.5. The summed E-state index contributed by atoms with van der Waals surface area (Å²) < 4.78 is 41.7. The first kappa shape index (κ1) is 26.5. The summed E-state index contributed by atoms with van der Waals surface area (Å²) >= 11 is 13.3. The average Bonchev–Trinajstić information content (AvgIpc) is 3.30. The molecule has 14 heteroatoms. The van der Waals surface area contributed by atoms with Gasteiger partial charge in [-0.05, 0) is 30.7 Å². The number of hydrogen-bond donors (Lipinski definition) is 3. The number of thiazole rings is 1. The van der Waals surface area contributed by atoms with Crippen molar-refractivity contribution in [2.75, 3.05) is 12.4 Å². The molecule has 0 spiro atoms. The van der Waals surface area contributed by atoms with Gasteiger partial charge in [0.2, 0.25) is 11.8 Å². The SMILES string of the molecule is CN1C(C(=O)Nc2ccc(F)c(Cl)c2)CC(C(=O)NCc2cnc(-c3ccccc3Cl)s2)NS1(=O)=O. The van der Waals surface area contributed by atoms with E-state index < -0.39 is 39.9 Å². The Hall–Kier alpha value is -2.61. The van der Waals surface area contributed by atoms with Crippen molar-refractivity contribution in [2.24, 2.45) is 0 Å². The fourth-order valence-electron chi connectivity index (χ4n) is 3.53. The third-order valence-electron chi connectivity index (χ3n) is 5.47. The summed E-state index contributed by atoms with van der Waals surface area (Å²) in [7, 11) is -2.90. The number of carbonyl (C=O) groups is 2. The molecular weight excluding hydrogens is 552 g/mol. The zero-order valence-corrected chi connectivity index (χ0v) is 21.8. The van der Waals surface area contributed by atoms with Crippen molar-refractivity contribution >= 4 is 62.2 Å². The molecular formula is C22H20Cl2FN5O4S2. The van der Waals surface area contributed by atoms with Gasteiger partial charge >= 0.3 is 0 Å². The van der Waals surface area contributed by atoms with E-state index in [-0.39, 0.29) is 23.7 Å². The average molecular weight is 572 g/mol. The number of halogens is 3. The van der Waals surface area contributed by atoms with Crippen LogP contribution in [0.1, 0.15) is 11.3 Å². The van der Waals surface area contributed by atoms with Gasteiger partial charge in [-0.25, -0.2) is 9.37 Å². The number of anilines is 1. The third-order valence-corrected chi connectivity index (χ3v) is 8.71. The van der Waals surface area contributed by atoms with E-state index in [1.54, 1.807) is 12.3 Å². The minimum Gasteiger partial charge on any atom is -0.350 e. The van der Waals surface area contributed by atoms with Gasteiger partial charge in [0.1, 0.15) is 22.9 Å². The lowest BCUT2D eigenvalue weighted by Crippen LogP contribution is -2.62. The number of amides is 2. The summed E-state index contributed by atoms with van der Waals surface area (Å²) in [5.41, 5.74) is 0.956. The van der Waals surface area contributed by atoms with E-state index in [1.165, 1.54) is 30.5 Å². The van der Waals surface area contributed by atoms with Crippen molar-refractivity contribution in [1.82, 2.24) is 19.3 Å². The molecule has 3 N–H and O–H groups in total. The van der Waals surface area contributed by atoms with Gasteiger partial charge in [-0.1, -0.05) is 41.4 Å². The zero-order chi connectivity index (χ0) is 26.0. The van der Waals surface area contributed by atoms with Gasteiger partial charge in [-0.15, -0.1) is 11.3 Å². The quantitative estimate of drug-likeness (QED) is 0.418. The van der Waals surface area contributed by atoms with Crippen molar-refractivity contribution in [3.05, 3.63) is 69.4 Å². The Morgan fingerprint density at radius 2 is 1.94 bits per heavy atom. The number of nitrogens with zero attached hydrogens (tertiary/aromatic N) is 2. The van der Waals surface area contributed by atoms with Crippen molar-refractivity contribution in [2.45, 2.75) is 25.0 Å². The molecule has 2 amide bonds. The predicted molar refractivity (Wildman–Crippen MR) is 136 cm³/mol. The summed E-state index contributed by atoms with van der Waals surface area (Å²) in [5.74, 6) is -1.94. The molecule has 3 aromatic rings. The number of benzene rings is 2. The van der Waals surface area contributed by atoms with Gasteiger partial charge in [-0.3, -0.25) is 9.59 Å². The molecule has 0 aliphatic carbocycles. The van der Waals surface area contributed by atoms with Crippen molar-refractivity contribution in [3.63, 3.8) is 0 Å². The Labute approximate surface area is 220 Å². The second kappa shape index (κ2) is 10.8. The lowest BCUT2D eigenvalue weighted by Gasteiger charge is -2.35. The Bertz CT molecular complexity index is 1420. The van der Waals surface area contributed by atoms with Crippen molar-refractivity contribution in [1.29, 1.82) is 0 Å². The zero-order valence-electron chi connectivity index (χ0n) is 18.7. The first-order chi connectivity index (χ1) is 17.0. The molecule has 1 aromatic heterocycles. The maximum atomic E-state index is 13.4. The van der Waals surface area contributed by atoms with E-state index in [0.29, 0.717) is 10.0 Å². The molecule has 36 heavy (non-hydrogen) atoms. The predicted octanol–water partition coefficient (Wildman–Crippen LogP) is 3.42. The van der Waals surface area contributed by atoms with Crippen LogP contribution in [0.5, 0.6) is 0 Å². The summed E-state index contributed by atoms with van der Waals surface area (Å²) in [6, 6.07) is 8.45. The van der Waals surface area contributed by atoms with Crippen LogP contribution < -0.4 is 15.4 Å². The van der Waals surface area contributed by atoms with E-state index >= 15 is 0 Å². The highest BCUT2D eigenvalue weighted by molar-refractivity contribution is 7.87. The number of rotatable bonds is 6. The fourth-order valence-corrected chi connectivity index (χ4v) is 6.13. The molecule has 4 rings (SSSR count). The second-order valence-electron chi connectivity index (χ2n) is 7.89. The van der Waals surface area contributed by atoms with Crippen LogP contribution in [0.25, 0.3) is 10.6 Å². The molecule has 0 bridgehead atoms. The second-order valence-corrected chi connectivity index (χ2v) is 11.6. The van der Waals surface area contributed by atoms with E-state index in [0.717, 1.165) is 20.8 Å². The Morgan fingerprint density at radius 1 is 1.19 bits per heavy atom. The van der Waals surface area contributed by atoms with Crippen LogP contribution in [0.3, 0.4) is 0 Å². The largest absolute Gasteiger partial charge is 0.350 e. The van der Waals surface area contributed by atoms with E-state index in [9.17, 15) is 22.4 Å². The smallest absolute Gasteiger partial charge is 0.280 e. The van der Waals surface area contributed by atoms with Gasteiger partial charge in [0.15, 0.2) is 0 Å². The van der Waals surface area contributed by atoms with E-state index in [2.05, 4.69) is 20.3 Å². The molecule has 9 nitrogen and oxygen atoms in total. The van der Waals surface area contributed by atoms with Crippen molar-refractivity contribution in [3.8, 4) is 10.6 Å². The minimum absolute atomic E-state index is 0.111. The first-order valence-electron chi connectivity index (χ1n) is 10.5. The highest BCUT2D eigenvalue weighted by Crippen LogP contribution is 2.31. The standard InChI is InChI=1S/C22H20Cl2FN5O4S2/c1-30-19(21(32)28-12-6-7-17(25)16(24)8-12)9-18(29-36(30,33)34)20(31)26-10-13-11-27-22(35-13)14-4-2-3-5-15(14)23/h2-8,11,18-19,29H,9-10H2,1H3,(H,26,31)(H,28,32). The van der Waals surface area contributed by atoms with Crippen LogP contribution in [0.15, 0.2) is 48.7 Å². The van der Waals surface area contributed by atoms with E-state index in [4.69, 9.17) is 23.2 Å². The minimum atomic E-state index is -4.13. The van der Waals surface area contributed by atoms with Crippen LogP contribution in [0.2, 0.25) is 10.0 Å². The Balaban J connectivity index is 1.42. The monoisotopic (exact) mass is 571 g/mol. The molecule has 2 aromatic carbocycles. The third kappa shape index (κ3) is 5.85.